The molecule has 0 fully saturated rings. The van der Waals surface area contributed by atoms with Crippen LogP contribution in [-0.4, -0.2) is 23.4 Å². The van der Waals surface area contributed by atoms with Gasteiger partial charge in [-0.25, -0.2) is 0 Å². The molecule has 0 radical (unpaired) electrons. The number of thiazole rings is 1. The SMILES string of the molecule is CN(C(=O)c1ccc(Br)o1)c1ccccc1C(=O)N=c1sccn1C. The van der Waals surface area contributed by atoms with Gasteiger partial charge in [0.05, 0.1) is 11.3 Å². The molecule has 8 heteroatoms. The number of aryl methyl sites for hydroxylation is 1. The molecule has 3 aromatic rings. The molecule has 2 heterocycles. The third-order valence-electron chi connectivity index (χ3n) is 3.54. The van der Waals surface area contributed by atoms with Crippen LogP contribution in [0.1, 0.15) is 20.9 Å². The Morgan fingerprint density at radius 3 is 2.64 bits per heavy atom. The minimum atomic E-state index is -0.408. The molecular formula is C17H14BrN3O3S. The molecule has 6 nitrogen and oxygen atoms in total. The molecule has 0 N–H and O–H groups in total. The number of hydrogen-bond acceptors (Lipinski definition) is 4. The molecule has 25 heavy (non-hydrogen) atoms. The zero-order valence-corrected chi connectivity index (χ0v) is 15.9. The van der Waals surface area contributed by atoms with Crippen LogP contribution >= 0.6 is 27.3 Å². The van der Waals surface area contributed by atoms with Crippen LogP contribution in [0.2, 0.25) is 0 Å². The van der Waals surface area contributed by atoms with Gasteiger partial charge in [0.15, 0.2) is 15.2 Å². The van der Waals surface area contributed by atoms with Crippen molar-refractivity contribution in [1.29, 1.82) is 0 Å². The molecule has 2 aromatic heterocycles. The molecule has 0 saturated carbocycles. The van der Waals surface area contributed by atoms with Gasteiger partial charge in [-0.05, 0) is 40.2 Å². The fourth-order valence-electron chi connectivity index (χ4n) is 2.23. The molecular weight excluding hydrogens is 406 g/mol. The number of hydrogen-bond donors (Lipinski definition) is 0. The van der Waals surface area contributed by atoms with E-state index in [2.05, 4.69) is 20.9 Å². The monoisotopic (exact) mass is 419 g/mol. The summed E-state index contributed by atoms with van der Waals surface area (Å²) in [4.78, 5) is 31.3. The van der Waals surface area contributed by atoms with Crippen LogP contribution in [0, 0.1) is 0 Å². The summed E-state index contributed by atoms with van der Waals surface area (Å²) in [5.74, 6) is -0.584. The van der Waals surface area contributed by atoms with Crippen LogP contribution in [0.4, 0.5) is 5.69 Å². The van der Waals surface area contributed by atoms with Crippen molar-refractivity contribution in [3.8, 4) is 0 Å². The van der Waals surface area contributed by atoms with Crippen molar-refractivity contribution in [2.75, 3.05) is 11.9 Å². The molecule has 0 saturated heterocycles. The second kappa shape index (κ2) is 7.20. The lowest BCUT2D eigenvalue weighted by atomic mass is 10.1. The van der Waals surface area contributed by atoms with E-state index in [4.69, 9.17) is 4.42 Å². The first kappa shape index (κ1) is 17.4. The Bertz CT molecular complexity index is 1000. The summed E-state index contributed by atoms with van der Waals surface area (Å²) in [6, 6.07) is 10.1. The van der Waals surface area contributed by atoms with Crippen molar-refractivity contribution in [3.05, 3.63) is 68.8 Å². The second-order valence-electron chi connectivity index (χ2n) is 5.20. The largest absolute Gasteiger partial charge is 0.444 e. The standard InChI is InChI=1S/C17H14BrN3O3S/c1-20-9-10-25-17(20)19-15(22)11-5-3-4-6-12(11)21(2)16(23)13-7-8-14(18)24-13/h3-10H,1-2H3. The number of aromatic nitrogens is 1. The molecule has 1 aromatic carbocycles. The van der Waals surface area contributed by atoms with Crippen LogP contribution in [0.15, 0.2) is 62.1 Å². The van der Waals surface area contributed by atoms with E-state index < -0.39 is 5.91 Å². The third kappa shape index (κ3) is 3.64. The Hall–Kier alpha value is -2.45. The van der Waals surface area contributed by atoms with Crippen LogP contribution in [0.5, 0.6) is 0 Å². The van der Waals surface area contributed by atoms with E-state index in [1.807, 2.05) is 18.6 Å². The van der Waals surface area contributed by atoms with E-state index in [0.717, 1.165) is 0 Å². The van der Waals surface area contributed by atoms with E-state index in [9.17, 15) is 9.59 Å². The average molecular weight is 420 g/mol. The Kier molecular flexibility index (Phi) is 5.00. The summed E-state index contributed by atoms with van der Waals surface area (Å²) in [6.45, 7) is 0. The number of carbonyl (C=O) groups excluding carboxylic acids is 2. The number of halogens is 1. The predicted molar refractivity (Wildman–Crippen MR) is 98.8 cm³/mol. The average Bonchev–Trinajstić information content (AvgIpc) is 3.22. The van der Waals surface area contributed by atoms with Crippen LogP contribution in [0.25, 0.3) is 0 Å². The van der Waals surface area contributed by atoms with Crippen LogP contribution in [-0.2, 0) is 7.05 Å². The number of benzene rings is 1. The minimum absolute atomic E-state index is 0.179. The molecule has 128 valence electrons. The summed E-state index contributed by atoms with van der Waals surface area (Å²) < 4.78 is 7.54. The fraction of sp³-hybridized carbons (Fsp3) is 0.118. The maximum atomic E-state index is 12.6. The molecule has 0 aliphatic heterocycles. The first-order chi connectivity index (χ1) is 12.0. The van der Waals surface area contributed by atoms with Gasteiger partial charge in [-0.1, -0.05) is 12.1 Å². The summed E-state index contributed by atoms with van der Waals surface area (Å²) in [6.07, 6.45) is 1.83. The lowest BCUT2D eigenvalue weighted by Gasteiger charge is -2.18. The normalized spacial score (nSPS) is 11.6. The van der Waals surface area contributed by atoms with Gasteiger partial charge in [0, 0.05) is 25.7 Å². The highest BCUT2D eigenvalue weighted by Crippen LogP contribution is 2.23. The maximum absolute atomic E-state index is 12.6. The van der Waals surface area contributed by atoms with E-state index in [1.165, 1.54) is 16.2 Å². The Balaban J connectivity index is 1.97. The van der Waals surface area contributed by atoms with Crippen molar-refractivity contribution in [2.24, 2.45) is 12.0 Å². The lowest BCUT2D eigenvalue weighted by Crippen LogP contribution is -2.27. The molecule has 2 amide bonds. The predicted octanol–water partition coefficient (Wildman–Crippen LogP) is 3.46. The van der Waals surface area contributed by atoms with E-state index in [0.29, 0.717) is 20.7 Å². The number of para-hydroxylation sites is 1. The number of rotatable bonds is 3. The Labute approximate surface area is 156 Å². The molecule has 0 spiro atoms. The van der Waals surface area contributed by atoms with Crippen molar-refractivity contribution in [1.82, 2.24) is 4.57 Å². The number of furan rings is 1. The summed E-state index contributed by atoms with van der Waals surface area (Å²) in [5.41, 5.74) is 0.811. The van der Waals surface area contributed by atoms with Crippen molar-refractivity contribution in [2.45, 2.75) is 0 Å². The maximum Gasteiger partial charge on any atom is 0.293 e. The van der Waals surface area contributed by atoms with Crippen LogP contribution in [0.3, 0.4) is 0 Å². The zero-order chi connectivity index (χ0) is 18.0. The molecule has 0 aliphatic carbocycles. The summed E-state index contributed by atoms with van der Waals surface area (Å²) in [7, 11) is 3.41. The summed E-state index contributed by atoms with van der Waals surface area (Å²) >= 11 is 4.54. The van der Waals surface area contributed by atoms with Gasteiger partial charge < -0.3 is 13.9 Å². The van der Waals surface area contributed by atoms with E-state index >= 15 is 0 Å². The quantitative estimate of drug-likeness (QED) is 0.652. The number of nitrogens with zero attached hydrogens (tertiary/aromatic N) is 3. The minimum Gasteiger partial charge on any atom is -0.444 e. The summed E-state index contributed by atoms with van der Waals surface area (Å²) in [5, 5.41) is 1.85. The highest BCUT2D eigenvalue weighted by Gasteiger charge is 2.21. The highest BCUT2D eigenvalue weighted by atomic mass is 79.9. The Morgan fingerprint density at radius 1 is 1.24 bits per heavy atom. The van der Waals surface area contributed by atoms with Gasteiger partial charge in [-0.3, -0.25) is 9.59 Å². The lowest BCUT2D eigenvalue weighted by molar-refractivity contribution is 0.0965. The molecule has 0 unspecified atom stereocenters. The van der Waals surface area contributed by atoms with Gasteiger partial charge in [0.1, 0.15) is 0 Å². The van der Waals surface area contributed by atoms with Crippen molar-refractivity contribution in [3.63, 3.8) is 0 Å². The second-order valence-corrected chi connectivity index (χ2v) is 6.85. The Morgan fingerprint density at radius 2 is 2.00 bits per heavy atom. The number of carbonyl (C=O) groups is 2. The van der Waals surface area contributed by atoms with Crippen molar-refractivity contribution >= 4 is 44.8 Å². The van der Waals surface area contributed by atoms with Crippen LogP contribution < -0.4 is 9.70 Å². The van der Waals surface area contributed by atoms with E-state index in [1.54, 1.807) is 48.0 Å². The highest BCUT2D eigenvalue weighted by molar-refractivity contribution is 9.10. The van der Waals surface area contributed by atoms with Gasteiger partial charge in [-0.15, -0.1) is 11.3 Å². The first-order valence-electron chi connectivity index (χ1n) is 7.29. The zero-order valence-electron chi connectivity index (χ0n) is 13.5. The fourth-order valence-corrected chi connectivity index (χ4v) is 3.27. The first-order valence-corrected chi connectivity index (χ1v) is 8.96. The van der Waals surface area contributed by atoms with Gasteiger partial charge in [-0.2, -0.15) is 4.99 Å². The molecule has 0 bridgehead atoms. The van der Waals surface area contributed by atoms with Gasteiger partial charge in [0.2, 0.25) is 0 Å². The van der Waals surface area contributed by atoms with Gasteiger partial charge in [0.25, 0.3) is 11.8 Å². The topological polar surface area (TPSA) is 67.8 Å². The van der Waals surface area contributed by atoms with Crippen molar-refractivity contribution < 1.29 is 14.0 Å². The third-order valence-corrected chi connectivity index (χ3v) is 4.82. The molecule has 0 aliphatic rings. The molecule has 3 rings (SSSR count). The van der Waals surface area contributed by atoms with E-state index in [-0.39, 0.29) is 11.7 Å². The number of amides is 2. The molecule has 0 atom stereocenters. The smallest absolute Gasteiger partial charge is 0.293 e. The van der Waals surface area contributed by atoms with Gasteiger partial charge >= 0.3 is 0 Å². The number of anilines is 1.